The minimum Gasteiger partial charge on any atom is -0.479 e. The van der Waals surface area contributed by atoms with Crippen molar-refractivity contribution in [3.8, 4) is 0 Å². The number of hydrogen-bond donors (Lipinski definition) is 5. The number of carboxylic acids is 1. The van der Waals surface area contributed by atoms with Crippen LogP contribution in [-0.4, -0.2) is 44.7 Å². The number of carbonyl (C=O) groups is 2. The van der Waals surface area contributed by atoms with Crippen LogP contribution in [0.5, 0.6) is 0 Å². The molecule has 0 aliphatic rings. The molecule has 1 aromatic rings. The SMILES string of the molecule is Cc1[nH]c(=O)[nH]c(=O)c1CCC(=O)NC[C@H](O)C(=O)O. The predicted octanol–water partition coefficient (Wildman–Crippen LogP) is -2.13. The second-order valence-electron chi connectivity index (χ2n) is 4.17. The summed E-state index contributed by atoms with van der Waals surface area (Å²) < 4.78 is 0. The van der Waals surface area contributed by atoms with Gasteiger partial charge in [-0.15, -0.1) is 0 Å². The quantitative estimate of drug-likeness (QED) is 0.402. The van der Waals surface area contributed by atoms with Gasteiger partial charge in [0.25, 0.3) is 5.56 Å². The van der Waals surface area contributed by atoms with E-state index in [2.05, 4.69) is 15.3 Å². The molecule has 1 amide bonds. The molecule has 0 saturated carbocycles. The van der Waals surface area contributed by atoms with Gasteiger partial charge in [0, 0.05) is 17.7 Å². The smallest absolute Gasteiger partial charge is 0.334 e. The van der Waals surface area contributed by atoms with Gasteiger partial charge in [0.2, 0.25) is 5.91 Å². The van der Waals surface area contributed by atoms with Crippen molar-refractivity contribution in [2.24, 2.45) is 0 Å². The number of nitrogens with one attached hydrogen (secondary N) is 3. The third-order valence-electron chi connectivity index (χ3n) is 2.63. The fourth-order valence-corrected chi connectivity index (χ4v) is 1.55. The van der Waals surface area contributed by atoms with Crippen LogP contribution in [0.3, 0.4) is 0 Å². The van der Waals surface area contributed by atoms with Crippen LogP contribution < -0.4 is 16.6 Å². The molecule has 1 rings (SSSR count). The minimum atomic E-state index is -1.67. The number of amides is 1. The van der Waals surface area contributed by atoms with Crippen molar-refractivity contribution in [3.05, 3.63) is 32.1 Å². The van der Waals surface area contributed by atoms with Crippen molar-refractivity contribution in [2.75, 3.05) is 6.54 Å². The highest BCUT2D eigenvalue weighted by Gasteiger charge is 2.14. The predicted molar refractivity (Wildman–Crippen MR) is 67.4 cm³/mol. The molecule has 0 fully saturated rings. The molecule has 1 aromatic heterocycles. The fourth-order valence-electron chi connectivity index (χ4n) is 1.55. The standard InChI is InChI=1S/C11H15N3O6/c1-5-6(9(17)14-11(20)13-5)2-3-8(16)12-4-7(15)10(18)19/h7,15H,2-4H2,1H3,(H,12,16)(H,18,19)(H2,13,14,17,20)/t7-/m0/s1. The maximum Gasteiger partial charge on any atom is 0.334 e. The molecular weight excluding hydrogens is 270 g/mol. The molecule has 0 saturated heterocycles. The van der Waals surface area contributed by atoms with Gasteiger partial charge in [-0.25, -0.2) is 9.59 Å². The first-order valence-electron chi connectivity index (χ1n) is 5.81. The second kappa shape index (κ2) is 6.66. The average Bonchev–Trinajstić information content (AvgIpc) is 2.34. The summed E-state index contributed by atoms with van der Waals surface area (Å²) in [6.45, 7) is 1.13. The van der Waals surface area contributed by atoms with E-state index in [4.69, 9.17) is 10.2 Å². The highest BCUT2D eigenvalue weighted by atomic mass is 16.4. The minimum absolute atomic E-state index is 0.0672. The molecule has 0 radical (unpaired) electrons. The number of aromatic nitrogens is 2. The van der Waals surface area contributed by atoms with Crippen LogP contribution >= 0.6 is 0 Å². The maximum absolute atomic E-state index is 11.5. The van der Waals surface area contributed by atoms with Crippen molar-refractivity contribution in [1.29, 1.82) is 0 Å². The first-order chi connectivity index (χ1) is 9.31. The molecule has 110 valence electrons. The zero-order chi connectivity index (χ0) is 15.3. The molecule has 0 unspecified atom stereocenters. The van der Waals surface area contributed by atoms with Crippen LogP contribution in [0.4, 0.5) is 0 Å². The van der Waals surface area contributed by atoms with Crippen molar-refractivity contribution in [1.82, 2.24) is 15.3 Å². The van der Waals surface area contributed by atoms with Crippen LogP contribution in [0.25, 0.3) is 0 Å². The number of carboxylic acid groups (broad SMARTS) is 1. The van der Waals surface area contributed by atoms with Crippen LogP contribution in [-0.2, 0) is 16.0 Å². The summed E-state index contributed by atoms with van der Waals surface area (Å²) in [7, 11) is 0. The Balaban J connectivity index is 2.56. The molecule has 0 aromatic carbocycles. The van der Waals surface area contributed by atoms with E-state index in [0.29, 0.717) is 5.69 Å². The summed E-state index contributed by atoms with van der Waals surface area (Å²) in [6.07, 6.45) is -1.65. The Labute approximate surface area is 112 Å². The highest BCUT2D eigenvalue weighted by molar-refractivity contribution is 5.78. The largest absolute Gasteiger partial charge is 0.479 e. The number of H-pyrrole nitrogens is 2. The average molecular weight is 285 g/mol. The Hall–Kier alpha value is -2.42. The molecule has 9 heteroatoms. The van der Waals surface area contributed by atoms with Gasteiger partial charge < -0.3 is 20.5 Å². The van der Waals surface area contributed by atoms with E-state index in [1.165, 1.54) is 6.92 Å². The van der Waals surface area contributed by atoms with Crippen LogP contribution in [0.15, 0.2) is 9.59 Å². The normalized spacial score (nSPS) is 11.9. The van der Waals surface area contributed by atoms with E-state index in [0.717, 1.165) is 0 Å². The summed E-state index contributed by atoms with van der Waals surface area (Å²) >= 11 is 0. The Kier molecular flexibility index (Phi) is 5.21. The van der Waals surface area contributed by atoms with Gasteiger partial charge in [0.05, 0.1) is 6.54 Å². The molecule has 5 N–H and O–H groups in total. The summed E-state index contributed by atoms with van der Waals surface area (Å²) in [6, 6.07) is 0. The Morgan fingerprint density at radius 1 is 1.30 bits per heavy atom. The number of aromatic amines is 2. The van der Waals surface area contributed by atoms with Crippen molar-refractivity contribution >= 4 is 11.9 Å². The molecule has 0 aliphatic heterocycles. The van der Waals surface area contributed by atoms with Gasteiger partial charge in [-0.2, -0.15) is 0 Å². The number of hydrogen-bond acceptors (Lipinski definition) is 5. The van der Waals surface area contributed by atoms with E-state index in [1.54, 1.807) is 0 Å². The van der Waals surface area contributed by atoms with Gasteiger partial charge in [-0.05, 0) is 13.3 Å². The van der Waals surface area contributed by atoms with Crippen LogP contribution in [0.2, 0.25) is 0 Å². The third-order valence-corrected chi connectivity index (χ3v) is 2.63. The van der Waals surface area contributed by atoms with Crippen molar-refractivity contribution in [2.45, 2.75) is 25.9 Å². The summed E-state index contributed by atoms with van der Waals surface area (Å²) in [4.78, 5) is 48.7. The lowest BCUT2D eigenvalue weighted by Crippen LogP contribution is -2.37. The van der Waals surface area contributed by atoms with Gasteiger partial charge in [0.1, 0.15) is 0 Å². The number of aryl methyl sites for hydroxylation is 1. The Morgan fingerprint density at radius 2 is 1.95 bits per heavy atom. The third kappa shape index (κ3) is 4.35. The number of aliphatic carboxylic acids is 1. The molecule has 1 heterocycles. The summed E-state index contributed by atoms with van der Waals surface area (Å²) in [5.41, 5.74) is -0.537. The molecule has 1 atom stereocenters. The van der Waals surface area contributed by atoms with E-state index in [9.17, 15) is 19.2 Å². The van der Waals surface area contributed by atoms with Crippen LogP contribution in [0, 0.1) is 6.92 Å². The van der Waals surface area contributed by atoms with Crippen molar-refractivity contribution < 1.29 is 19.8 Å². The van der Waals surface area contributed by atoms with E-state index >= 15 is 0 Å². The van der Waals surface area contributed by atoms with E-state index in [-0.39, 0.29) is 18.4 Å². The zero-order valence-corrected chi connectivity index (χ0v) is 10.7. The fraction of sp³-hybridized carbons (Fsp3) is 0.455. The lowest BCUT2D eigenvalue weighted by atomic mass is 10.1. The van der Waals surface area contributed by atoms with E-state index < -0.39 is 35.8 Å². The Morgan fingerprint density at radius 3 is 2.50 bits per heavy atom. The first-order valence-corrected chi connectivity index (χ1v) is 5.81. The molecule has 9 nitrogen and oxygen atoms in total. The number of carbonyl (C=O) groups excluding carboxylic acids is 1. The monoisotopic (exact) mass is 285 g/mol. The molecule has 20 heavy (non-hydrogen) atoms. The van der Waals surface area contributed by atoms with E-state index in [1.807, 2.05) is 0 Å². The number of aliphatic hydroxyl groups is 1. The van der Waals surface area contributed by atoms with Gasteiger partial charge in [-0.1, -0.05) is 0 Å². The topological polar surface area (TPSA) is 152 Å². The lowest BCUT2D eigenvalue weighted by molar-refractivity contribution is -0.146. The Bertz CT molecular complexity index is 617. The molecule has 0 bridgehead atoms. The maximum atomic E-state index is 11.5. The van der Waals surface area contributed by atoms with Gasteiger partial charge >= 0.3 is 11.7 Å². The number of aliphatic hydroxyl groups excluding tert-OH is 1. The molecule has 0 spiro atoms. The summed E-state index contributed by atoms with van der Waals surface area (Å²) in [5, 5.41) is 19.6. The lowest BCUT2D eigenvalue weighted by Gasteiger charge is -2.08. The van der Waals surface area contributed by atoms with Gasteiger partial charge in [-0.3, -0.25) is 14.6 Å². The highest BCUT2D eigenvalue weighted by Crippen LogP contribution is 1.99. The van der Waals surface area contributed by atoms with Crippen LogP contribution in [0.1, 0.15) is 17.7 Å². The number of rotatable bonds is 6. The first kappa shape index (κ1) is 15.6. The second-order valence-corrected chi connectivity index (χ2v) is 4.17. The van der Waals surface area contributed by atoms with Gasteiger partial charge in [0.15, 0.2) is 6.10 Å². The zero-order valence-electron chi connectivity index (χ0n) is 10.7. The molecule has 0 aliphatic carbocycles. The van der Waals surface area contributed by atoms with Crippen molar-refractivity contribution in [3.63, 3.8) is 0 Å². The molecular formula is C11H15N3O6. The summed E-state index contributed by atoms with van der Waals surface area (Å²) in [5.74, 6) is -1.94.